The van der Waals surface area contributed by atoms with E-state index in [9.17, 15) is 5.11 Å². The molecule has 1 N–H and O–H groups in total. The third-order valence-corrected chi connectivity index (χ3v) is 5.01. The van der Waals surface area contributed by atoms with E-state index in [1.165, 1.54) is 5.56 Å². The summed E-state index contributed by atoms with van der Waals surface area (Å²) in [6.07, 6.45) is 2.14. The highest BCUT2D eigenvalue weighted by Crippen LogP contribution is 2.36. The molecule has 1 aromatic heterocycles. The summed E-state index contributed by atoms with van der Waals surface area (Å²) in [6.45, 7) is 5.15. The predicted octanol–water partition coefficient (Wildman–Crippen LogP) is 1.33. The molecule has 0 spiro atoms. The number of fused-ring (bicyclic) bond motifs is 1. The van der Waals surface area contributed by atoms with E-state index in [2.05, 4.69) is 28.1 Å². The molecule has 1 fully saturated rings. The van der Waals surface area contributed by atoms with Crippen molar-refractivity contribution in [2.75, 3.05) is 19.7 Å². The minimum absolute atomic E-state index is 0.0814. The second-order valence-electron chi connectivity index (χ2n) is 6.24. The van der Waals surface area contributed by atoms with Crippen molar-refractivity contribution in [3.63, 3.8) is 0 Å². The number of aromatic nitrogens is 3. The van der Waals surface area contributed by atoms with Crippen LogP contribution in [0, 0.1) is 0 Å². The molecule has 1 aromatic carbocycles. The minimum atomic E-state index is -0.422. The molecule has 2 aromatic rings. The van der Waals surface area contributed by atoms with Crippen molar-refractivity contribution in [2.24, 2.45) is 0 Å². The normalized spacial score (nSPS) is 28.0. The lowest BCUT2D eigenvalue weighted by Gasteiger charge is -2.37. The van der Waals surface area contributed by atoms with Crippen LogP contribution in [0.25, 0.3) is 0 Å². The fourth-order valence-electron chi connectivity index (χ4n) is 3.77. The van der Waals surface area contributed by atoms with Crippen molar-refractivity contribution in [3.05, 3.63) is 47.5 Å². The molecule has 6 heteroatoms. The van der Waals surface area contributed by atoms with Gasteiger partial charge in [-0.3, -0.25) is 4.90 Å². The summed E-state index contributed by atoms with van der Waals surface area (Å²) in [5.41, 5.74) is 2.32. The van der Waals surface area contributed by atoms with Gasteiger partial charge in [0.15, 0.2) is 5.82 Å². The number of morpholine rings is 1. The van der Waals surface area contributed by atoms with E-state index in [-0.39, 0.29) is 12.1 Å². The maximum Gasteiger partial charge on any atom is 0.163 e. The molecule has 3 atom stereocenters. The number of aliphatic hydroxyl groups excluding tert-OH is 1. The van der Waals surface area contributed by atoms with Gasteiger partial charge in [0.05, 0.1) is 12.7 Å². The Kier molecular flexibility index (Phi) is 3.88. The molecular formula is C17H22N4O2. The highest BCUT2D eigenvalue weighted by molar-refractivity contribution is 5.36. The second kappa shape index (κ2) is 6.03. The number of nitrogens with zero attached hydrogens (tertiary/aromatic N) is 4. The van der Waals surface area contributed by atoms with Crippen LogP contribution in [0.1, 0.15) is 36.1 Å². The highest BCUT2D eigenvalue weighted by atomic mass is 16.5. The lowest BCUT2D eigenvalue weighted by molar-refractivity contribution is -0.0677. The zero-order chi connectivity index (χ0) is 15.8. The first-order valence-corrected chi connectivity index (χ1v) is 8.27. The van der Waals surface area contributed by atoms with Crippen LogP contribution in [0.4, 0.5) is 0 Å². The number of aliphatic hydroxyl groups is 1. The quantitative estimate of drug-likeness (QED) is 0.926. The van der Waals surface area contributed by atoms with Gasteiger partial charge in [-0.05, 0) is 24.5 Å². The van der Waals surface area contributed by atoms with Gasteiger partial charge in [0.2, 0.25) is 0 Å². The summed E-state index contributed by atoms with van der Waals surface area (Å²) in [4.78, 5) is 2.34. The lowest BCUT2D eigenvalue weighted by atomic mass is 10.1. The number of aryl methyl sites for hydroxylation is 1. The van der Waals surface area contributed by atoms with Crippen LogP contribution in [0.3, 0.4) is 0 Å². The van der Waals surface area contributed by atoms with Crippen molar-refractivity contribution < 1.29 is 9.84 Å². The molecule has 1 aliphatic carbocycles. The zero-order valence-electron chi connectivity index (χ0n) is 13.3. The number of ether oxygens (including phenoxy) is 1. The summed E-state index contributed by atoms with van der Waals surface area (Å²) >= 11 is 0. The molecule has 1 aliphatic heterocycles. The van der Waals surface area contributed by atoms with E-state index in [4.69, 9.17) is 4.74 Å². The van der Waals surface area contributed by atoms with Gasteiger partial charge in [-0.25, -0.2) is 0 Å². The Bertz CT molecular complexity index is 687. The van der Waals surface area contributed by atoms with Crippen molar-refractivity contribution in [1.29, 1.82) is 0 Å². The molecule has 4 rings (SSSR count). The van der Waals surface area contributed by atoms with Gasteiger partial charge in [-0.1, -0.05) is 24.3 Å². The molecule has 0 amide bonds. The minimum Gasteiger partial charge on any atom is -0.387 e. The highest BCUT2D eigenvalue weighted by Gasteiger charge is 2.38. The Balaban J connectivity index is 1.53. The summed E-state index contributed by atoms with van der Waals surface area (Å²) < 4.78 is 7.94. The van der Waals surface area contributed by atoms with E-state index in [1.807, 2.05) is 22.8 Å². The van der Waals surface area contributed by atoms with E-state index < -0.39 is 6.10 Å². The fraction of sp³-hybridized carbons (Fsp3) is 0.529. The van der Waals surface area contributed by atoms with Crippen LogP contribution in [0.5, 0.6) is 0 Å². The summed E-state index contributed by atoms with van der Waals surface area (Å²) in [5, 5.41) is 18.9. The average Bonchev–Trinajstić information content (AvgIpc) is 3.20. The molecule has 2 aliphatic rings. The zero-order valence-corrected chi connectivity index (χ0v) is 13.3. The fourth-order valence-corrected chi connectivity index (χ4v) is 3.77. The van der Waals surface area contributed by atoms with E-state index >= 15 is 0 Å². The molecular weight excluding hydrogens is 292 g/mol. The van der Waals surface area contributed by atoms with E-state index in [0.29, 0.717) is 6.61 Å². The van der Waals surface area contributed by atoms with Gasteiger partial charge >= 0.3 is 0 Å². The lowest BCUT2D eigenvalue weighted by Crippen LogP contribution is -2.47. The average molecular weight is 314 g/mol. The smallest absolute Gasteiger partial charge is 0.163 e. The Hall–Kier alpha value is -1.76. The van der Waals surface area contributed by atoms with Crippen molar-refractivity contribution in [3.8, 4) is 0 Å². The molecule has 2 heterocycles. The predicted molar refractivity (Wildman–Crippen MR) is 84.9 cm³/mol. The summed E-state index contributed by atoms with van der Waals surface area (Å²) in [6, 6.07) is 8.31. The van der Waals surface area contributed by atoms with Crippen LogP contribution in [0.15, 0.2) is 30.6 Å². The van der Waals surface area contributed by atoms with Crippen LogP contribution in [0.2, 0.25) is 0 Å². The largest absolute Gasteiger partial charge is 0.387 e. The van der Waals surface area contributed by atoms with Gasteiger partial charge in [-0.15, -0.1) is 10.2 Å². The number of rotatable bonds is 3. The van der Waals surface area contributed by atoms with Gasteiger partial charge < -0.3 is 14.4 Å². The van der Waals surface area contributed by atoms with Crippen molar-refractivity contribution in [1.82, 2.24) is 19.7 Å². The number of hydrogen-bond acceptors (Lipinski definition) is 5. The maximum atomic E-state index is 10.7. The van der Waals surface area contributed by atoms with Crippen LogP contribution in [-0.2, 0) is 17.7 Å². The standard InChI is InChI=1S/C17H22N4O2/c1-2-20-11-18-19-17(20)15-10-21(7-8-23-15)14-9-12-5-3-4-6-13(12)16(14)22/h3-6,11,14-16,22H,2,7-10H2,1H3/t14-,15-,16-/m0/s1. The first-order valence-electron chi connectivity index (χ1n) is 8.27. The first-order chi connectivity index (χ1) is 11.3. The van der Waals surface area contributed by atoms with Crippen LogP contribution in [-0.4, -0.2) is 50.5 Å². The topological polar surface area (TPSA) is 63.4 Å². The molecule has 0 bridgehead atoms. The molecule has 122 valence electrons. The monoisotopic (exact) mass is 314 g/mol. The van der Waals surface area contributed by atoms with Gasteiger partial charge in [-0.2, -0.15) is 0 Å². The third-order valence-electron chi connectivity index (χ3n) is 5.01. The number of hydrogen-bond donors (Lipinski definition) is 1. The Morgan fingerprint density at radius 1 is 1.35 bits per heavy atom. The first kappa shape index (κ1) is 14.8. The summed E-state index contributed by atoms with van der Waals surface area (Å²) in [7, 11) is 0. The van der Waals surface area contributed by atoms with Crippen LogP contribution >= 0.6 is 0 Å². The van der Waals surface area contributed by atoms with E-state index in [1.54, 1.807) is 6.33 Å². The third kappa shape index (κ3) is 2.56. The molecule has 0 radical (unpaired) electrons. The molecule has 0 saturated carbocycles. The maximum absolute atomic E-state index is 10.7. The van der Waals surface area contributed by atoms with E-state index in [0.717, 1.165) is 37.4 Å². The molecule has 6 nitrogen and oxygen atoms in total. The Labute approximate surface area is 135 Å². The van der Waals surface area contributed by atoms with Crippen molar-refractivity contribution in [2.45, 2.75) is 38.1 Å². The summed E-state index contributed by atoms with van der Waals surface area (Å²) in [5.74, 6) is 0.877. The number of benzene rings is 1. The van der Waals surface area contributed by atoms with Crippen LogP contribution < -0.4 is 0 Å². The molecule has 1 saturated heterocycles. The van der Waals surface area contributed by atoms with Gasteiger partial charge in [0, 0.05) is 25.7 Å². The molecule has 23 heavy (non-hydrogen) atoms. The second-order valence-corrected chi connectivity index (χ2v) is 6.24. The SMILES string of the molecule is CCn1cnnc1[C@@H]1CN([C@H]2Cc3ccccc3[C@@H]2O)CCO1. The Morgan fingerprint density at radius 2 is 2.22 bits per heavy atom. The van der Waals surface area contributed by atoms with Crippen molar-refractivity contribution >= 4 is 0 Å². The Morgan fingerprint density at radius 3 is 3.04 bits per heavy atom. The van der Waals surface area contributed by atoms with Gasteiger partial charge in [0.1, 0.15) is 12.4 Å². The van der Waals surface area contributed by atoms with Gasteiger partial charge in [0.25, 0.3) is 0 Å². The molecule has 0 unspecified atom stereocenters.